The van der Waals surface area contributed by atoms with Gasteiger partial charge in [0.05, 0.1) is 0 Å². The number of carbonyl (C=O) groups is 3. The first kappa shape index (κ1) is 19.7. The molecule has 2 aromatic carbocycles. The molecule has 0 spiro atoms. The lowest BCUT2D eigenvalue weighted by atomic mass is 10.1. The third-order valence-electron chi connectivity index (χ3n) is 3.94. The fourth-order valence-electron chi connectivity index (χ4n) is 2.50. The van der Waals surface area contributed by atoms with Crippen LogP contribution in [0.15, 0.2) is 48.5 Å². The number of ketones is 1. The lowest BCUT2D eigenvalue weighted by molar-refractivity contribution is -0.121. The van der Waals surface area contributed by atoms with Gasteiger partial charge in [0.15, 0.2) is 5.78 Å². The molecule has 1 N–H and O–H groups in total. The van der Waals surface area contributed by atoms with E-state index < -0.39 is 0 Å². The monoisotopic (exact) mass is 372 g/mol. The van der Waals surface area contributed by atoms with Crippen LogP contribution in [0.1, 0.15) is 36.2 Å². The highest BCUT2D eigenvalue weighted by Crippen LogP contribution is 2.18. The summed E-state index contributed by atoms with van der Waals surface area (Å²) in [5.41, 5.74) is 1.96. The van der Waals surface area contributed by atoms with Crippen molar-refractivity contribution in [2.45, 2.75) is 26.8 Å². The van der Waals surface area contributed by atoms with Gasteiger partial charge in [-0.15, -0.1) is 0 Å². The van der Waals surface area contributed by atoms with Gasteiger partial charge in [-0.1, -0.05) is 41.9 Å². The Balaban J connectivity index is 1.97. The van der Waals surface area contributed by atoms with Crippen molar-refractivity contribution >= 4 is 34.9 Å². The second-order valence-corrected chi connectivity index (χ2v) is 6.30. The lowest BCUT2D eigenvalue weighted by Crippen LogP contribution is -2.33. The highest BCUT2D eigenvalue weighted by atomic mass is 35.5. The average molecular weight is 373 g/mol. The van der Waals surface area contributed by atoms with Gasteiger partial charge in [-0.3, -0.25) is 14.4 Å². The lowest BCUT2D eigenvalue weighted by Gasteiger charge is -2.21. The summed E-state index contributed by atoms with van der Waals surface area (Å²) in [6.45, 7) is 3.46. The quantitative estimate of drug-likeness (QED) is 0.755. The Hall–Kier alpha value is -2.66. The largest absolute Gasteiger partial charge is 0.352 e. The first-order valence-electron chi connectivity index (χ1n) is 8.27. The topological polar surface area (TPSA) is 66.5 Å². The summed E-state index contributed by atoms with van der Waals surface area (Å²) >= 11 is 6.07. The molecule has 0 aliphatic heterocycles. The standard InChI is InChI=1S/C20H21ClN2O3/c1-14(24)16-7-5-8-18(12-16)23(15(2)25)11-10-20(26)22-13-17-6-3-4-9-19(17)21/h3-9,12H,10-11,13H2,1-2H3,(H,22,26). The SMILES string of the molecule is CC(=O)c1cccc(N(CCC(=O)NCc2ccccc2Cl)C(C)=O)c1. The molecule has 0 aliphatic rings. The molecule has 26 heavy (non-hydrogen) atoms. The minimum Gasteiger partial charge on any atom is -0.352 e. The van der Waals surface area contributed by atoms with Crippen LogP contribution in [0.5, 0.6) is 0 Å². The van der Waals surface area contributed by atoms with Crippen molar-refractivity contribution in [3.05, 3.63) is 64.7 Å². The zero-order valence-electron chi connectivity index (χ0n) is 14.8. The van der Waals surface area contributed by atoms with Crippen LogP contribution in [-0.2, 0) is 16.1 Å². The minimum atomic E-state index is -0.190. The summed E-state index contributed by atoms with van der Waals surface area (Å²) in [6, 6.07) is 14.1. The second kappa shape index (κ2) is 9.15. The molecular formula is C20H21ClN2O3. The van der Waals surface area contributed by atoms with Crippen LogP contribution in [0.25, 0.3) is 0 Å². The van der Waals surface area contributed by atoms with E-state index in [0.29, 0.717) is 22.8 Å². The predicted molar refractivity (Wildman–Crippen MR) is 102 cm³/mol. The number of halogens is 1. The Bertz CT molecular complexity index is 820. The Kier molecular flexibility index (Phi) is 6.92. The molecule has 6 heteroatoms. The number of Topliss-reactive ketones (excluding diaryl/α,β-unsaturated/α-hetero) is 1. The molecule has 0 saturated carbocycles. The van der Waals surface area contributed by atoms with E-state index in [4.69, 9.17) is 11.6 Å². The molecule has 2 rings (SSSR count). The van der Waals surface area contributed by atoms with E-state index in [1.165, 1.54) is 18.7 Å². The van der Waals surface area contributed by atoms with Crippen molar-refractivity contribution in [3.8, 4) is 0 Å². The number of amides is 2. The number of anilines is 1. The first-order chi connectivity index (χ1) is 12.4. The Labute approximate surface area is 158 Å². The van der Waals surface area contributed by atoms with E-state index in [9.17, 15) is 14.4 Å². The molecule has 0 unspecified atom stereocenters. The number of rotatable bonds is 7. The molecule has 0 fully saturated rings. The van der Waals surface area contributed by atoms with Crippen molar-refractivity contribution in [2.24, 2.45) is 0 Å². The van der Waals surface area contributed by atoms with Gasteiger partial charge in [-0.05, 0) is 30.7 Å². The van der Waals surface area contributed by atoms with Crippen molar-refractivity contribution in [1.29, 1.82) is 0 Å². The Morgan fingerprint density at radius 1 is 1.04 bits per heavy atom. The molecule has 0 bridgehead atoms. The number of nitrogens with zero attached hydrogens (tertiary/aromatic N) is 1. The first-order valence-corrected chi connectivity index (χ1v) is 8.65. The average Bonchev–Trinajstić information content (AvgIpc) is 2.61. The van der Waals surface area contributed by atoms with Gasteiger partial charge in [0.1, 0.15) is 0 Å². The summed E-state index contributed by atoms with van der Waals surface area (Å²) in [4.78, 5) is 37.1. The highest BCUT2D eigenvalue weighted by molar-refractivity contribution is 6.31. The summed E-state index contributed by atoms with van der Waals surface area (Å²) in [5, 5.41) is 3.40. The number of carbonyl (C=O) groups excluding carboxylic acids is 3. The zero-order valence-corrected chi connectivity index (χ0v) is 15.5. The third kappa shape index (κ3) is 5.43. The van der Waals surface area contributed by atoms with E-state index in [0.717, 1.165) is 5.56 Å². The van der Waals surface area contributed by atoms with Crippen molar-refractivity contribution in [3.63, 3.8) is 0 Å². The van der Waals surface area contributed by atoms with Crippen LogP contribution in [0.2, 0.25) is 5.02 Å². The minimum absolute atomic E-state index is 0.0761. The molecule has 5 nitrogen and oxygen atoms in total. The van der Waals surface area contributed by atoms with Crippen LogP contribution in [0.4, 0.5) is 5.69 Å². The Morgan fingerprint density at radius 2 is 1.77 bits per heavy atom. The summed E-state index contributed by atoms with van der Waals surface area (Å²) < 4.78 is 0. The number of hydrogen-bond acceptors (Lipinski definition) is 3. The molecule has 136 valence electrons. The van der Waals surface area contributed by atoms with Gasteiger partial charge in [-0.2, -0.15) is 0 Å². The molecular weight excluding hydrogens is 352 g/mol. The van der Waals surface area contributed by atoms with Gasteiger partial charge < -0.3 is 10.2 Å². The maximum atomic E-state index is 12.1. The summed E-state index contributed by atoms with van der Waals surface area (Å²) in [5.74, 6) is -0.448. The smallest absolute Gasteiger partial charge is 0.223 e. The zero-order chi connectivity index (χ0) is 19.1. The van der Waals surface area contributed by atoms with Gasteiger partial charge in [-0.25, -0.2) is 0 Å². The second-order valence-electron chi connectivity index (χ2n) is 5.90. The van der Waals surface area contributed by atoms with Gasteiger partial charge in [0.2, 0.25) is 11.8 Å². The molecule has 0 heterocycles. The number of benzene rings is 2. The van der Waals surface area contributed by atoms with E-state index in [2.05, 4.69) is 5.32 Å². The van der Waals surface area contributed by atoms with Crippen molar-refractivity contribution < 1.29 is 14.4 Å². The van der Waals surface area contributed by atoms with Crippen LogP contribution in [-0.4, -0.2) is 24.1 Å². The van der Waals surface area contributed by atoms with Crippen molar-refractivity contribution in [1.82, 2.24) is 5.32 Å². The van der Waals surface area contributed by atoms with E-state index >= 15 is 0 Å². The molecule has 0 atom stereocenters. The van der Waals surface area contributed by atoms with Gasteiger partial charge in [0, 0.05) is 42.7 Å². The molecule has 2 amide bonds. The summed E-state index contributed by atoms with van der Waals surface area (Å²) in [7, 11) is 0. The van der Waals surface area contributed by atoms with E-state index in [1.807, 2.05) is 18.2 Å². The van der Waals surface area contributed by atoms with Crippen LogP contribution < -0.4 is 10.2 Å². The maximum Gasteiger partial charge on any atom is 0.223 e. The molecule has 0 aromatic heterocycles. The van der Waals surface area contributed by atoms with E-state index in [-0.39, 0.29) is 30.6 Å². The molecule has 0 radical (unpaired) electrons. The van der Waals surface area contributed by atoms with E-state index in [1.54, 1.807) is 30.3 Å². The van der Waals surface area contributed by atoms with Crippen LogP contribution in [0.3, 0.4) is 0 Å². The number of hydrogen-bond donors (Lipinski definition) is 1. The van der Waals surface area contributed by atoms with Crippen LogP contribution >= 0.6 is 11.6 Å². The Morgan fingerprint density at radius 3 is 2.42 bits per heavy atom. The third-order valence-corrected chi connectivity index (χ3v) is 4.31. The number of nitrogens with one attached hydrogen (secondary N) is 1. The maximum absolute atomic E-state index is 12.1. The highest BCUT2D eigenvalue weighted by Gasteiger charge is 2.14. The predicted octanol–water partition coefficient (Wildman–Crippen LogP) is 3.60. The van der Waals surface area contributed by atoms with Gasteiger partial charge >= 0.3 is 0 Å². The molecule has 0 saturated heterocycles. The molecule has 2 aromatic rings. The normalized spacial score (nSPS) is 10.3. The fourth-order valence-corrected chi connectivity index (χ4v) is 2.70. The van der Waals surface area contributed by atoms with Crippen LogP contribution in [0, 0.1) is 0 Å². The summed E-state index contributed by atoms with van der Waals surface area (Å²) in [6.07, 6.45) is 0.147. The van der Waals surface area contributed by atoms with Gasteiger partial charge in [0.25, 0.3) is 0 Å². The fraction of sp³-hybridized carbons (Fsp3) is 0.250. The van der Waals surface area contributed by atoms with Crippen molar-refractivity contribution in [2.75, 3.05) is 11.4 Å². The molecule has 0 aliphatic carbocycles.